The third-order valence-corrected chi connectivity index (χ3v) is 5.42. The predicted molar refractivity (Wildman–Crippen MR) is 125 cm³/mol. The van der Waals surface area contributed by atoms with Gasteiger partial charge in [0.25, 0.3) is 5.91 Å². The van der Waals surface area contributed by atoms with Gasteiger partial charge < -0.3 is 19.5 Å². The molecule has 0 unspecified atom stereocenters. The van der Waals surface area contributed by atoms with Crippen LogP contribution in [0, 0.1) is 11.3 Å². The summed E-state index contributed by atoms with van der Waals surface area (Å²) < 4.78 is 16.8. The van der Waals surface area contributed by atoms with Crippen molar-refractivity contribution in [1.82, 2.24) is 5.32 Å². The van der Waals surface area contributed by atoms with E-state index in [9.17, 15) is 10.1 Å². The predicted octanol–water partition coefficient (Wildman–Crippen LogP) is 5.09. The molecule has 3 rings (SSSR count). The van der Waals surface area contributed by atoms with Gasteiger partial charge in [0.1, 0.15) is 30.6 Å². The highest BCUT2D eigenvalue weighted by molar-refractivity contribution is 7.09. The Morgan fingerprint density at radius 1 is 1.12 bits per heavy atom. The van der Waals surface area contributed by atoms with Crippen LogP contribution in [0.3, 0.4) is 0 Å². The summed E-state index contributed by atoms with van der Waals surface area (Å²) in [5, 5.41) is 14.7. The van der Waals surface area contributed by atoms with Gasteiger partial charge in [0.05, 0.1) is 13.7 Å². The molecule has 0 saturated carbocycles. The molecule has 164 valence electrons. The van der Waals surface area contributed by atoms with Crippen LogP contribution in [0.4, 0.5) is 0 Å². The maximum atomic E-state index is 12.3. The Morgan fingerprint density at radius 2 is 1.91 bits per heavy atom. The zero-order chi connectivity index (χ0) is 22.8. The number of nitrogens with one attached hydrogen (secondary N) is 1. The molecule has 2 aromatic carbocycles. The molecule has 0 aliphatic carbocycles. The number of halogens is 1. The zero-order valence-corrected chi connectivity index (χ0v) is 18.9. The first-order valence-corrected chi connectivity index (χ1v) is 11.0. The molecule has 6 nitrogen and oxygen atoms in total. The molecule has 0 fully saturated rings. The number of amides is 1. The number of hydrogen-bond donors (Lipinski definition) is 1. The molecule has 0 saturated heterocycles. The molecule has 0 atom stereocenters. The minimum absolute atomic E-state index is 0.00800. The van der Waals surface area contributed by atoms with E-state index >= 15 is 0 Å². The zero-order valence-electron chi connectivity index (χ0n) is 17.3. The van der Waals surface area contributed by atoms with E-state index in [1.165, 1.54) is 13.2 Å². The fraction of sp³-hybridized carbons (Fsp3) is 0.167. The quantitative estimate of drug-likeness (QED) is 0.254. The minimum atomic E-state index is -0.431. The Labute approximate surface area is 195 Å². The Bertz CT molecular complexity index is 1110. The Kier molecular flexibility index (Phi) is 8.55. The summed E-state index contributed by atoms with van der Waals surface area (Å²) in [6, 6.07) is 18.0. The van der Waals surface area contributed by atoms with Gasteiger partial charge in [-0.15, -0.1) is 11.3 Å². The normalized spacial score (nSPS) is 10.8. The molecule has 1 amide bonds. The van der Waals surface area contributed by atoms with Crippen LogP contribution < -0.4 is 19.5 Å². The summed E-state index contributed by atoms with van der Waals surface area (Å²) in [4.78, 5) is 13.3. The first-order valence-electron chi connectivity index (χ1n) is 9.70. The number of nitriles is 1. The number of benzene rings is 2. The van der Waals surface area contributed by atoms with Crippen molar-refractivity contribution in [1.29, 1.82) is 5.26 Å². The molecule has 0 radical (unpaired) electrons. The molecule has 0 spiro atoms. The number of thiophene rings is 1. The lowest BCUT2D eigenvalue weighted by molar-refractivity contribution is -0.117. The number of methoxy groups -OCH3 is 1. The average Bonchev–Trinajstić information content (AvgIpc) is 3.34. The van der Waals surface area contributed by atoms with Crippen LogP contribution in [0.25, 0.3) is 6.08 Å². The number of carbonyl (C=O) groups excluding carboxylic acids is 1. The number of ether oxygens (including phenoxy) is 3. The summed E-state index contributed by atoms with van der Waals surface area (Å²) >= 11 is 7.40. The molecule has 8 heteroatoms. The summed E-state index contributed by atoms with van der Waals surface area (Å²) in [5.41, 5.74) is 0.656. The van der Waals surface area contributed by atoms with Crippen molar-refractivity contribution in [3.63, 3.8) is 0 Å². The molecular formula is C24H21ClN2O4S. The summed E-state index contributed by atoms with van der Waals surface area (Å²) in [6.07, 6.45) is 1.51. The van der Waals surface area contributed by atoms with Crippen LogP contribution in [-0.4, -0.2) is 26.2 Å². The van der Waals surface area contributed by atoms with Gasteiger partial charge in [0.2, 0.25) is 0 Å². The summed E-state index contributed by atoms with van der Waals surface area (Å²) in [7, 11) is 1.53. The maximum absolute atomic E-state index is 12.3. The smallest absolute Gasteiger partial charge is 0.262 e. The van der Waals surface area contributed by atoms with E-state index in [2.05, 4.69) is 5.32 Å². The average molecular weight is 469 g/mol. The van der Waals surface area contributed by atoms with Gasteiger partial charge in [0, 0.05) is 9.90 Å². The Morgan fingerprint density at radius 3 is 2.59 bits per heavy atom. The number of hydrogen-bond acceptors (Lipinski definition) is 6. The standard InChI is InChI=1S/C24H21ClN2O4S/c1-29-23-14-17(13-18(15-26)24(28)27-16-21-3-2-12-32-21)4-9-22(23)31-11-10-30-20-7-5-19(25)6-8-20/h2-9,12-14H,10-11,16H2,1H3,(H,27,28)/b18-13+. The second-order valence-electron chi connectivity index (χ2n) is 6.49. The number of carbonyl (C=O) groups is 1. The highest BCUT2D eigenvalue weighted by atomic mass is 35.5. The molecule has 32 heavy (non-hydrogen) atoms. The molecule has 1 N–H and O–H groups in total. The fourth-order valence-corrected chi connectivity index (χ4v) is 3.50. The van der Waals surface area contributed by atoms with E-state index in [1.54, 1.807) is 53.8 Å². The second-order valence-corrected chi connectivity index (χ2v) is 7.96. The van der Waals surface area contributed by atoms with Crippen molar-refractivity contribution in [2.24, 2.45) is 0 Å². The lowest BCUT2D eigenvalue weighted by Crippen LogP contribution is -2.23. The minimum Gasteiger partial charge on any atom is -0.493 e. The van der Waals surface area contributed by atoms with Crippen molar-refractivity contribution >= 4 is 34.9 Å². The van der Waals surface area contributed by atoms with E-state index in [0.717, 1.165) is 4.88 Å². The highest BCUT2D eigenvalue weighted by Gasteiger charge is 2.11. The third-order valence-electron chi connectivity index (χ3n) is 4.29. The molecule has 1 aromatic heterocycles. The van der Waals surface area contributed by atoms with Crippen molar-refractivity contribution in [3.8, 4) is 23.3 Å². The van der Waals surface area contributed by atoms with E-state index in [1.807, 2.05) is 23.6 Å². The molecule has 0 aliphatic rings. The van der Waals surface area contributed by atoms with Gasteiger partial charge >= 0.3 is 0 Å². The lowest BCUT2D eigenvalue weighted by atomic mass is 10.1. The van der Waals surface area contributed by atoms with Crippen LogP contribution in [0.15, 0.2) is 65.6 Å². The summed E-state index contributed by atoms with van der Waals surface area (Å²) in [6.45, 7) is 1.03. The van der Waals surface area contributed by atoms with Gasteiger partial charge in [-0.1, -0.05) is 23.7 Å². The number of nitrogens with zero attached hydrogens (tertiary/aromatic N) is 1. The van der Waals surface area contributed by atoms with Gasteiger partial charge in [0.15, 0.2) is 11.5 Å². The van der Waals surface area contributed by atoms with E-state index in [4.69, 9.17) is 25.8 Å². The second kappa shape index (κ2) is 11.8. The Balaban J connectivity index is 1.58. The largest absolute Gasteiger partial charge is 0.493 e. The van der Waals surface area contributed by atoms with Crippen molar-refractivity contribution < 1.29 is 19.0 Å². The molecule has 0 aliphatic heterocycles. The van der Waals surface area contributed by atoms with Crippen LogP contribution in [-0.2, 0) is 11.3 Å². The van der Waals surface area contributed by atoms with E-state index < -0.39 is 5.91 Å². The Hall–Kier alpha value is -3.47. The first kappa shape index (κ1) is 23.2. The topological polar surface area (TPSA) is 80.6 Å². The van der Waals surface area contributed by atoms with Gasteiger partial charge in [-0.3, -0.25) is 4.79 Å². The molecule has 1 heterocycles. The monoisotopic (exact) mass is 468 g/mol. The van der Waals surface area contributed by atoms with Crippen LogP contribution in [0.5, 0.6) is 17.2 Å². The molecular weight excluding hydrogens is 448 g/mol. The lowest BCUT2D eigenvalue weighted by Gasteiger charge is -2.12. The fourth-order valence-electron chi connectivity index (χ4n) is 2.73. The molecule has 0 bridgehead atoms. The van der Waals surface area contributed by atoms with Crippen LogP contribution in [0.1, 0.15) is 10.4 Å². The van der Waals surface area contributed by atoms with E-state index in [-0.39, 0.29) is 5.57 Å². The van der Waals surface area contributed by atoms with Crippen molar-refractivity contribution in [2.45, 2.75) is 6.54 Å². The van der Waals surface area contributed by atoms with Crippen LogP contribution in [0.2, 0.25) is 5.02 Å². The van der Waals surface area contributed by atoms with Gasteiger partial charge in [-0.2, -0.15) is 5.26 Å². The van der Waals surface area contributed by atoms with Crippen LogP contribution >= 0.6 is 22.9 Å². The third kappa shape index (κ3) is 6.77. The summed E-state index contributed by atoms with van der Waals surface area (Å²) in [5.74, 6) is 1.29. The SMILES string of the molecule is COc1cc(/C=C(\C#N)C(=O)NCc2cccs2)ccc1OCCOc1ccc(Cl)cc1. The van der Waals surface area contributed by atoms with Crippen molar-refractivity contribution in [2.75, 3.05) is 20.3 Å². The maximum Gasteiger partial charge on any atom is 0.262 e. The number of rotatable bonds is 10. The van der Waals surface area contributed by atoms with E-state index in [0.29, 0.717) is 47.6 Å². The van der Waals surface area contributed by atoms with Crippen molar-refractivity contribution in [3.05, 3.63) is 81.0 Å². The molecule has 3 aromatic rings. The van der Waals surface area contributed by atoms with Gasteiger partial charge in [-0.05, 0) is 59.5 Å². The van der Waals surface area contributed by atoms with Gasteiger partial charge in [-0.25, -0.2) is 0 Å². The highest BCUT2D eigenvalue weighted by Crippen LogP contribution is 2.29. The first-order chi connectivity index (χ1) is 15.6.